The lowest BCUT2D eigenvalue weighted by Crippen LogP contribution is -2.18. The summed E-state index contributed by atoms with van der Waals surface area (Å²) in [6.45, 7) is 2.44. The second-order valence-electron chi connectivity index (χ2n) is 3.73. The smallest absolute Gasteiger partial charge is 0.310 e. The maximum Gasteiger partial charge on any atom is 0.310 e. The van der Waals surface area contributed by atoms with Gasteiger partial charge in [0.25, 0.3) is 0 Å². The summed E-state index contributed by atoms with van der Waals surface area (Å²) in [4.78, 5) is 11.7. The van der Waals surface area contributed by atoms with Crippen LogP contribution in [0.3, 0.4) is 0 Å². The van der Waals surface area contributed by atoms with Gasteiger partial charge >= 0.3 is 5.97 Å². The van der Waals surface area contributed by atoms with E-state index < -0.39 is 0 Å². The van der Waals surface area contributed by atoms with Crippen LogP contribution in [0.15, 0.2) is 30.3 Å². The van der Waals surface area contributed by atoms with Gasteiger partial charge in [-0.25, -0.2) is 0 Å². The van der Waals surface area contributed by atoms with E-state index in [1.165, 1.54) is 0 Å². The minimum absolute atomic E-state index is 0.0197. The lowest BCUT2D eigenvalue weighted by atomic mass is 10.1. The van der Waals surface area contributed by atoms with Crippen LogP contribution in [0.2, 0.25) is 0 Å². The number of hydrogen-bond acceptors (Lipinski definition) is 2. The topological polar surface area (TPSA) is 26.3 Å². The fourth-order valence-electron chi connectivity index (χ4n) is 1.45. The van der Waals surface area contributed by atoms with Gasteiger partial charge < -0.3 is 4.74 Å². The summed E-state index contributed by atoms with van der Waals surface area (Å²) < 4.78 is 5.26. The zero-order valence-corrected chi connectivity index (χ0v) is 11.1. The summed E-state index contributed by atoms with van der Waals surface area (Å²) in [7, 11) is 0. The second kappa shape index (κ2) is 7.44. The monoisotopic (exact) mass is 284 g/mol. The van der Waals surface area contributed by atoms with Gasteiger partial charge in [-0.05, 0) is 12.0 Å². The van der Waals surface area contributed by atoms with E-state index >= 15 is 0 Å². The van der Waals surface area contributed by atoms with E-state index in [2.05, 4.69) is 22.9 Å². The van der Waals surface area contributed by atoms with Gasteiger partial charge in [0.1, 0.15) is 6.61 Å². The molecule has 0 radical (unpaired) electrons. The van der Waals surface area contributed by atoms with Crippen LogP contribution in [0.25, 0.3) is 0 Å². The lowest BCUT2D eigenvalue weighted by molar-refractivity contribution is -0.149. The first kappa shape index (κ1) is 13.2. The Bertz CT molecular complexity index is 311. The number of benzene rings is 1. The third-order valence-electron chi connectivity index (χ3n) is 2.38. The van der Waals surface area contributed by atoms with Crippen molar-refractivity contribution in [2.45, 2.75) is 26.4 Å². The molecule has 1 unspecified atom stereocenters. The molecule has 1 aromatic rings. The molecule has 0 saturated heterocycles. The molecule has 1 rings (SSSR count). The van der Waals surface area contributed by atoms with Crippen molar-refractivity contribution in [3.8, 4) is 0 Å². The number of carbonyl (C=O) groups excluding carboxylic acids is 1. The first-order valence-electron chi connectivity index (χ1n) is 5.54. The highest BCUT2D eigenvalue weighted by Gasteiger charge is 2.17. The number of alkyl halides is 1. The lowest BCUT2D eigenvalue weighted by Gasteiger charge is -2.12. The predicted molar refractivity (Wildman–Crippen MR) is 68.4 cm³/mol. The van der Waals surface area contributed by atoms with Crippen LogP contribution in [-0.4, -0.2) is 11.3 Å². The average molecular weight is 285 g/mol. The zero-order chi connectivity index (χ0) is 11.8. The minimum Gasteiger partial charge on any atom is -0.461 e. The molecule has 2 nitrogen and oxygen atoms in total. The molecule has 0 spiro atoms. The Morgan fingerprint density at radius 3 is 2.62 bits per heavy atom. The standard InChI is InChI=1S/C13H17BrO2/c1-2-6-12(9-14)13(15)16-10-11-7-4-3-5-8-11/h3-5,7-8,12H,2,6,9-10H2,1H3. The van der Waals surface area contributed by atoms with Crippen LogP contribution in [-0.2, 0) is 16.1 Å². The first-order valence-corrected chi connectivity index (χ1v) is 6.66. The van der Waals surface area contributed by atoms with E-state index in [-0.39, 0.29) is 11.9 Å². The van der Waals surface area contributed by atoms with Gasteiger partial charge in [-0.1, -0.05) is 59.6 Å². The number of hydrogen-bond donors (Lipinski definition) is 0. The molecule has 0 bridgehead atoms. The first-order chi connectivity index (χ1) is 7.77. The summed E-state index contributed by atoms with van der Waals surface area (Å²) in [5, 5.41) is 0.675. The molecule has 0 fully saturated rings. The van der Waals surface area contributed by atoms with E-state index in [4.69, 9.17) is 4.74 Å². The van der Waals surface area contributed by atoms with Crippen molar-refractivity contribution in [2.75, 3.05) is 5.33 Å². The molecular weight excluding hydrogens is 268 g/mol. The highest BCUT2D eigenvalue weighted by atomic mass is 79.9. The molecule has 0 amide bonds. The number of carbonyl (C=O) groups is 1. The molecule has 0 N–H and O–H groups in total. The van der Waals surface area contributed by atoms with Gasteiger partial charge in [0, 0.05) is 5.33 Å². The van der Waals surface area contributed by atoms with Gasteiger partial charge in [-0.3, -0.25) is 4.79 Å². The highest BCUT2D eigenvalue weighted by Crippen LogP contribution is 2.13. The molecule has 1 atom stereocenters. The van der Waals surface area contributed by atoms with Crippen molar-refractivity contribution >= 4 is 21.9 Å². The Morgan fingerprint density at radius 2 is 2.06 bits per heavy atom. The van der Waals surface area contributed by atoms with Crippen molar-refractivity contribution in [2.24, 2.45) is 5.92 Å². The minimum atomic E-state index is -0.109. The molecule has 3 heteroatoms. The summed E-state index contributed by atoms with van der Waals surface area (Å²) >= 11 is 3.34. The van der Waals surface area contributed by atoms with E-state index in [9.17, 15) is 4.79 Å². The second-order valence-corrected chi connectivity index (χ2v) is 4.38. The number of rotatable bonds is 6. The fraction of sp³-hybridized carbons (Fsp3) is 0.462. The van der Waals surface area contributed by atoms with Crippen molar-refractivity contribution < 1.29 is 9.53 Å². The van der Waals surface area contributed by atoms with Crippen LogP contribution < -0.4 is 0 Å². The predicted octanol–water partition coefficient (Wildman–Crippen LogP) is 3.54. The molecular formula is C13H17BrO2. The average Bonchev–Trinajstić information content (AvgIpc) is 2.34. The van der Waals surface area contributed by atoms with E-state index in [1.807, 2.05) is 30.3 Å². The molecule has 0 aliphatic rings. The Morgan fingerprint density at radius 1 is 1.38 bits per heavy atom. The Balaban J connectivity index is 2.40. The van der Waals surface area contributed by atoms with Crippen molar-refractivity contribution in [1.82, 2.24) is 0 Å². The van der Waals surface area contributed by atoms with Crippen molar-refractivity contribution in [3.63, 3.8) is 0 Å². The van der Waals surface area contributed by atoms with Gasteiger partial charge in [-0.2, -0.15) is 0 Å². The van der Waals surface area contributed by atoms with E-state index in [0.717, 1.165) is 18.4 Å². The van der Waals surface area contributed by atoms with E-state index in [1.54, 1.807) is 0 Å². The number of esters is 1. The Kier molecular flexibility index (Phi) is 6.16. The third-order valence-corrected chi connectivity index (χ3v) is 3.16. The molecule has 16 heavy (non-hydrogen) atoms. The quantitative estimate of drug-likeness (QED) is 0.590. The van der Waals surface area contributed by atoms with Gasteiger partial charge in [-0.15, -0.1) is 0 Å². The van der Waals surface area contributed by atoms with Gasteiger partial charge in [0.05, 0.1) is 5.92 Å². The van der Waals surface area contributed by atoms with Crippen LogP contribution >= 0.6 is 15.9 Å². The third kappa shape index (κ3) is 4.35. The SMILES string of the molecule is CCCC(CBr)C(=O)OCc1ccccc1. The van der Waals surface area contributed by atoms with Crippen molar-refractivity contribution in [1.29, 1.82) is 0 Å². The largest absolute Gasteiger partial charge is 0.461 e. The maximum atomic E-state index is 11.7. The van der Waals surface area contributed by atoms with E-state index in [0.29, 0.717) is 11.9 Å². The molecule has 0 heterocycles. The van der Waals surface area contributed by atoms with Crippen LogP contribution in [0.1, 0.15) is 25.3 Å². The Labute approximate surface area is 105 Å². The van der Waals surface area contributed by atoms with Gasteiger partial charge in [0.2, 0.25) is 0 Å². The normalized spacial score (nSPS) is 12.1. The Hall–Kier alpha value is -0.830. The molecule has 0 saturated carbocycles. The number of ether oxygens (including phenoxy) is 1. The van der Waals surface area contributed by atoms with Crippen LogP contribution in [0, 0.1) is 5.92 Å². The summed E-state index contributed by atoms with van der Waals surface area (Å²) in [6, 6.07) is 9.74. The fourth-order valence-corrected chi connectivity index (χ4v) is 2.04. The summed E-state index contributed by atoms with van der Waals surface area (Å²) in [6.07, 6.45) is 1.87. The van der Waals surface area contributed by atoms with Crippen LogP contribution in [0.4, 0.5) is 0 Å². The molecule has 0 aromatic heterocycles. The number of halogens is 1. The summed E-state index contributed by atoms with van der Waals surface area (Å²) in [5.74, 6) is -0.128. The van der Waals surface area contributed by atoms with Crippen molar-refractivity contribution in [3.05, 3.63) is 35.9 Å². The van der Waals surface area contributed by atoms with Crippen LogP contribution in [0.5, 0.6) is 0 Å². The maximum absolute atomic E-state index is 11.7. The van der Waals surface area contributed by atoms with Gasteiger partial charge in [0.15, 0.2) is 0 Å². The molecule has 0 aliphatic heterocycles. The zero-order valence-electron chi connectivity index (χ0n) is 9.49. The highest BCUT2D eigenvalue weighted by molar-refractivity contribution is 9.09. The molecule has 88 valence electrons. The summed E-state index contributed by atoms with van der Waals surface area (Å²) in [5.41, 5.74) is 1.03. The molecule has 1 aromatic carbocycles. The molecule has 0 aliphatic carbocycles.